The van der Waals surface area contributed by atoms with Crippen LogP contribution in [0.4, 0.5) is 13.2 Å². The zero-order valence-electron chi connectivity index (χ0n) is 8.98. The Bertz CT molecular complexity index is 613. The first kappa shape index (κ1) is 13.6. The third kappa shape index (κ3) is 2.33. The molecule has 2 nitrogen and oxygen atoms in total. The van der Waals surface area contributed by atoms with Gasteiger partial charge in [0, 0.05) is 8.95 Å². The van der Waals surface area contributed by atoms with E-state index in [9.17, 15) is 13.2 Å². The number of benzene rings is 1. The Hall–Kier alpha value is -0.820. The number of ether oxygens (including phenoxy) is 1. The lowest BCUT2D eigenvalue weighted by Crippen LogP contribution is -2.08. The SMILES string of the molecule is COc1ccc(Br)c2nc(C(F)(F)F)cc(Br)c12. The molecule has 1 heterocycles. The van der Waals surface area contributed by atoms with E-state index in [4.69, 9.17) is 4.74 Å². The van der Waals surface area contributed by atoms with Crippen molar-refractivity contribution < 1.29 is 17.9 Å². The molecule has 0 aliphatic rings. The van der Waals surface area contributed by atoms with E-state index in [0.29, 0.717) is 15.6 Å². The summed E-state index contributed by atoms with van der Waals surface area (Å²) in [6, 6.07) is 4.20. The summed E-state index contributed by atoms with van der Waals surface area (Å²) in [5, 5.41) is 0.500. The van der Waals surface area contributed by atoms with Crippen molar-refractivity contribution in [3.05, 3.63) is 32.8 Å². The quantitative estimate of drug-likeness (QED) is 0.705. The first-order valence-corrected chi connectivity index (χ1v) is 6.33. The molecule has 1 aromatic heterocycles. The molecule has 0 bridgehead atoms. The third-order valence-electron chi connectivity index (χ3n) is 2.34. The Labute approximate surface area is 117 Å². The summed E-state index contributed by atoms with van der Waals surface area (Å²) in [7, 11) is 1.45. The Kier molecular flexibility index (Phi) is 3.55. The van der Waals surface area contributed by atoms with Crippen LogP contribution in [0.1, 0.15) is 5.69 Å². The fraction of sp³-hybridized carbons (Fsp3) is 0.182. The number of rotatable bonds is 1. The molecule has 0 fully saturated rings. The monoisotopic (exact) mass is 383 g/mol. The molecule has 0 N–H and O–H groups in total. The van der Waals surface area contributed by atoms with Gasteiger partial charge in [-0.3, -0.25) is 0 Å². The van der Waals surface area contributed by atoms with E-state index in [1.54, 1.807) is 12.1 Å². The van der Waals surface area contributed by atoms with Crippen molar-refractivity contribution in [3.8, 4) is 5.75 Å². The molecular formula is C11H6Br2F3NO. The summed E-state index contributed by atoms with van der Waals surface area (Å²) in [5.74, 6) is 0.460. The van der Waals surface area contributed by atoms with Crippen molar-refractivity contribution >= 4 is 42.8 Å². The average Bonchev–Trinajstić information content (AvgIpc) is 2.29. The van der Waals surface area contributed by atoms with E-state index in [1.807, 2.05) is 0 Å². The van der Waals surface area contributed by atoms with Gasteiger partial charge in [0.25, 0.3) is 0 Å². The van der Waals surface area contributed by atoms with Crippen LogP contribution in [0.2, 0.25) is 0 Å². The number of methoxy groups -OCH3 is 1. The van der Waals surface area contributed by atoms with Gasteiger partial charge in [-0.05, 0) is 50.1 Å². The van der Waals surface area contributed by atoms with Gasteiger partial charge in [-0.2, -0.15) is 13.2 Å². The summed E-state index contributed by atoms with van der Waals surface area (Å²) in [6.45, 7) is 0. The number of pyridine rings is 1. The number of alkyl halides is 3. The van der Waals surface area contributed by atoms with Crippen molar-refractivity contribution in [2.45, 2.75) is 6.18 Å². The first-order chi connectivity index (χ1) is 8.34. The largest absolute Gasteiger partial charge is 0.496 e. The normalized spacial score (nSPS) is 11.9. The van der Waals surface area contributed by atoms with Gasteiger partial charge in [0.1, 0.15) is 11.4 Å². The standard InChI is InChI=1S/C11H6Br2F3NO/c1-18-7-3-2-5(12)10-9(7)6(13)4-8(17-10)11(14,15)16/h2-4H,1H3. The molecule has 2 aromatic rings. The van der Waals surface area contributed by atoms with Gasteiger partial charge in [-0.1, -0.05) is 0 Å². The number of halogens is 5. The van der Waals surface area contributed by atoms with Gasteiger partial charge >= 0.3 is 6.18 Å². The van der Waals surface area contributed by atoms with Gasteiger partial charge in [-0.25, -0.2) is 4.98 Å². The highest BCUT2D eigenvalue weighted by Crippen LogP contribution is 2.39. The molecular weight excluding hydrogens is 379 g/mol. The van der Waals surface area contributed by atoms with Gasteiger partial charge in [0.05, 0.1) is 18.0 Å². The molecule has 0 radical (unpaired) electrons. The summed E-state index contributed by atoms with van der Waals surface area (Å²) in [5.41, 5.74) is -0.744. The fourth-order valence-electron chi connectivity index (χ4n) is 1.55. The first-order valence-electron chi connectivity index (χ1n) is 4.74. The molecule has 0 aliphatic carbocycles. The number of hydrogen-bond acceptors (Lipinski definition) is 2. The predicted octanol–water partition coefficient (Wildman–Crippen LogP) is 4.79. The van der Waals surface area contributed by atoms with Crippen molar-refractivity contribution in [2.75, 3.05) is 7.11 Å². The molecule has 2 rings (SSSR count). The van der Waals surface area contributed by atoms with Gasteiger partial charge in [-0.15, -0.1) is 0 Å². The number of aromatic nitrogens is 1. The molecule has 0 spiro atoms. The smallest absolute Gasteiger partial charge is 0.433 e. The molecule has 0 aliphatic heterocycles. The highest BCUT2D eigenvalue weighted by Gasteiger charge is 2.33. The molecule has 96 valence electrons. The summed E-state index contributed by atoms with van der Waals surface area (Å²) in [6.07, 6.45) is -4.49. The Morgan fingerprint density at radius 3 is 2.39 bits per heavy atom. The maximum atomic E-state index is 12.7. The van der Waals surface area contributed by atoms with Crippen LogP contribution in [0, 0.1) is 0 Å². The minimum Gasteiger partial charge on any atom is -0.496 e. The zero-order valence-corrected chi connectivity index (χ0v) is 12.1. The van der Waals surface area contributed by atoms with Crippen LogP contribution in [0.3, 0.4) is 0 Å². The van der Waals surface area contributed by atoms with Crippen molar-refractivity contribution in [3.63, 3.8) is 0 Å². The van der Waals surface area contributed by atoms with Crippen LogP contribution >= 0.6 is 31.9 Å². The lowest BCUT2D eigenvalue weighted by atomic mass is 10.2. The van der Waals surface area contributed by atoms with E-state index in [-0.39, 0.29) is 9.99 Å². The maximum absolute atomic E-state index is 12.7. The van der Waals surface area contributed by atoms with Gasteiger partial charge in [0.15, 0.2) is 0 Å². The van der Waals surface area contributed by atoms with Gasteiger partial charge < -0.3 is 4.74 Å². The predicted molar refractivity (Wildman–Crippen MR) is 68.7 cm³/mol. The van der Waals surface area contributed by atoms with Crippen LogP contribution in [-0.4, -0.2) is 12.1 Å². The van der Waals surface area contributed by atoms with E-state index < -0.39 is 11.9 Å². The van der Waals surface area contributed by atoms with Crippen molar-refractivity contribution in [1.29, 1.82) is 0 Å². The molecule has 1 aromatic carbocycles. The highest BCUT2D eigenvalue weighted by atomic mass is 79.9. The van der Waals surface area contributed by atoms with Crippen LogP contribution in [0.5, 0.6) is 5.75 Å². The Morgan fingerprint density at radius 2 is 1.83 bits per heavy atom. The third-order valence-corrected chi connectivity index (χ3v) is 3.60. The molecule has 0 saturated heterocycles. The zero-order chi connectivity index (χ0) is 13.5. The summed E-state index contributed by atoms with van der Waals surface area (Å²) >= 11 is 6.31. The van der Waals surface area contributed by atoms with E-state index in [1.165, 1.54) is 7.11 Å². The number of nitrogens with zero attached hydrogens (tertiary/aromatic N) is 1. The second kappa shape index (κ2) is 4.70. The van der Waals surface area contributed by atoms with E-state index in [0.717, 1.165) is 6.07 Å². The minimum absolute atomic E-state index is 0.205. The average molecular weight is 385 g/mol. The van der Waals surface area contributed by atoms with E-state index >= 15 is 0 Å². The molecule has 0 amide bonds. The Balaban J connectivity index is 2.85. The molecule has 18 heavy (non-hydrogen) atoms. The molecule has 7 heteroatoms. The second-order valence-electron chi connectivity index (χ2n) is 3.46. The highest BCUT2D eigenvalue weighted by molar-refractivity contribution is 9.11. The fourth-order valence-corrected chi connectivity index (χ4v) is 2.57. The maximum Gasteiger partial charge on any atom is 0.433 e. The summed E-state index contributed by atoms with van der Waals surface area (Å²) in [4.78, 5) is 3.63. The van der Waals surface area contributed by atoms with Crippen LogP contribution in [-0.2, 0) is 6.18 Å². The van der Waals surface area contributed by atoms with Crippen LogP contribution < -0.4 is 4.74 Å². The van der Waals surface area contributed by atoms with Gasteiger partial charge in [0.2, 0.25) is 0 Å². The summed E-state index contributed by atoms with van der Waals surface area (Å²) < 4.78 is 43.9. The molecule has 0 saturated carbocycles. The van der Waals surface area contributed by atoms with Crippen LogP contribution in [0.15, 0.2) is 27.1 Å². The lowest BCUT2D eigenvalue weighted by molar-refractivity contribution is -0.141. The van der Waals surface area contributed by atoms with Crippen molar-refractivity contribution in [2.24, 2.45) is 0 Å². The number of fused-ring (bicyclic) bond motifs is 1. The number of hydrogen-bond donors (Lipinski definition) is 0. The van der Waals surface area contributed by atoms with Crippen LogP contribution in [0.25, 0.3) is 10.9 Å². The lowest BCUT2D eigenvalue weighted by Gasteiger charge is -2.12. The van der Waals surface area contributed by atoms with E-state index in [2.05, 4.69) is 36.8 Å². The second-order valence-corrected chi connectivity index (χ2v) is 5.17. The van der Waals surface area contributed by atoms with Crippen molar-refractivity contribution in [1.82, 2.24) is 4.98 Å². The minimum atomic E-state index is -4.49. The topological polar surface area (TPSA) is 22.1 Å². The molecule has 0 atom stereocenters. The molecule has 0 unspecified atom stereocenters. The Morgan fingerprint density at radius 1 is 1.17 bits per heavy atom.